The molecule has 3 aliphatic rings. The third kappa shape index (κ3) is 5.15. The highest BCUT2D eigenvalue weighted by molar-refractivity contribution is 5.98. The maximum absolute atomic E-state index is 13.0. The van der Waals surface area contributed by atoms with Crippen molar-refractivity contribution in [1.29, 1.82) is 0 Å². The van der Waals surface area contributed by atoms with Gasteiger partial charge < -0.3 is 19.9 Å². The van der Waals surface area contributed by atoms with Crippen molar-refractivity contribution in [2.75, 3.05) is 19.6 Å². The van der Waals surface area contributed by atoms with Crippen LogP contribution in [0.1, 0.15) is 56.0 Å². The van der Waals surface area contributed by atoms with Crippen LogP contribution < -0.4 is 5.32 Å². The number of hydrogen-bond acceptors (Lipinski definition) is 4. The van der Waals surface area contributed by atoms with E-state index in [0.717, 1.165) is 25.0 Å². The molecule has 34 heavy (non-hydrogen) atoms. The molecule has 3 fully saturated rings. The molecule has 1 aliphatic carbocycles. The fourth-order valence-corrected chi connectivity index (χ4v) is 5.27. The molecule has 0 aromatic heterocycles. The Bertz CT molecular complexity index is 961. The molecule has 3 amide bonds. The third-order valence-corrected chi connectivity index (χ3v) is 6.82. The number of carbonyl (C=O) groups is 3. The molecule has 2 saturated heterocycles. The first kappa shape index (κ1) is 24.3. The Morgan fingerprint density at radius 1 is 1.09 bits per heavy atom. The first-order valence-corrected chi connectivity index (χ1v) is 11.6. The van der Waals surface area contributed by atoms with E-state index < -0.39 is 29.3 Å². The molecular weight excluding hydrogens is 451 g/mol. The molecule has 1 N–H and O–H groups in total. The number of fused-ring (bicyclic) bond motifs is 1. The van der Waals surface area contributed by atoms with Crippen LogP contribution in [0.4, 0.5) is 18.0 Å². The highest BCUT2D eigenvalue weighted by Gasteiger charge is 2.47. The minimum absolute atomic E-state index is 0.0405. The van der Waals surface area contributed by atoms with Gasteiger partial charge in [0, 0.05) is 31.2 Å². The number of rotatable bonds is 3. The number of nitrogens with one attached hydrogen (secondary N) is 1. The zero-order valence-corrected chi connectivity index (χ0v) is 19.5. The number of benzene rings is 1. The largest absolute Gasteiger partial charge is 0.444 e. The summed E-state index contributed by atoms with van der Waals surface area (Å²) in [7, 11) is 0. The number of halogens is 3. The number of carbonyl (C=O) groups excluding carboxylic acids is 3. The van der Waals surface area contributed by atoms with Crippen molar-refractivity contribution in [3.05, 3.63) is 35.4 Å². The van der Waals surface area contributed by atoms with E-state index in [1.54, 1.807) is 9.80 Å². The van der Waals surface area contributed by atoms with Gasteiger partial charge in [0.15, 0.2) is 0 Å². The van der Waals surface area contributed by atoms with E-state index >= 15 is 0 Å². The fourth-order valence-electron chi connectivity index (χ4n) is 5.27. The second-order valence-electron chi connectivity index (χ2n) is 10.5. The van der Waals surface area contributed by atoms with Crippen LogP contribution in [-0.4, -0.2) is 65.0 Å². The van der Waals surface area contributed by atoms with Crippen LogP contribution in [0.25, 0.3) is 0 Å². The van der Waals surface area contributed by atoms with Crippen molar-refractivity contribution in [2.24, 2.45) is 11.8 Å². The molecule has 3 unspecified atom stereocenters. The van der Waals surface area contributed by atoms with E-state index in [9.17, 15) is 27.6 Å². The van der Waals surface area contributed by atoms with Gasteiger partial charge in [0.1, 0.15) is 11.6 Å². The summed E-state index contributed by atoms with van der Waals surface area (Å²) < 4.78 is 44.3. The van der Waals surface area contributed by atoms with Crippen LogP contribution >= 0.6 is 0 Å². The molecular formula is C24H30F3N3O4. The summed E-state index contributed by atoms with van der Waals surface area (Å²) in [5.74, 6) is -0.301. The van der Waals surface area contributed by atoms with Gasteiger partial charge in [-0.05, 0) is 70.1 Å². The Hall–Kier alpha value is -2.78. The Morgan fingerprint density at radius 2 is 1.74 bits per heavy atom. The van der Waals surface area contributed by atoms with E-state index in [2.05, 4.69) is 5.32 Å². The number of nitrogens with zero attached hydrogens (tertiary/aromatic N) is 2. The maximum Gasteiger partial charge on any atom is 0.416 e. The lowest BCUT2D eigenvalue weighted by atomic mass is 10.0. The summed E-state index contributed by atoms with van der Waals surface area (Å²) in [6, 6.07) is 3.47. The molecule has 186 valence electrons. The van der Waals surface area contributed by atoms with Crippen LogP contribution in [0.2, 0.25) is 0 Å². The van der Waals surface area contributed by atoms with Crippen molar-refractivity contribution < 1.29 is 32.3 Å². The van der Waals surface area contributed by atoms with E-state index in [0.29, 0.717) is 37.9 Å². The number of hydrogen-bond donors (Lipinski definition) is 1. The normalized spacial score (nSPS) is 27.2. The van der Waals surface area contributed by atoms with Crippen LogP contribution in [-0.2, 0) is 15.7 Å². The molecule has 0 radical (unpaired) electrons. The smallest absolute Gasteiger partial charge is 0.416 e. The van der Waals surface area contributed by atoms with Gasteiger partial charge in [-0.2, -0.15) is 13.2 Å². The summed E-state index contributed by atoms with van der Waals surface area (Å²) in [4.78, 5) is 41.4. The molecule has 0 bridgehead atoms. The van der Waals surface area contributed by atoms with E-state index in [-0.39, 0.29) is 23.6 Å². The number of ether oxygens (including phenoxy) is 1. The monoisotopic (exact) mass is 481 g/mol. The quantitative estimate of drug-likeness (QED) is 0.715. The van der Waals surface area contributed by atoms with Gasteiger partial charge in [-0.3, -0.25) is 9.59 Å². The Balaban J connectivity index is 1.31. The molecule has 10 heteroatoms. The lowest BCUT2D eigenvalue weighted by Crippen LogP contribution is -2.44. The van der Waals surface area contributed by atoms with Crippen LogP contribution in [0.15, 0.2) is 24.3 Å². The Kier molecular flexibility index (Phi) is 6.29. The van der Waals surface area contributed by atoms with Crippen LogP contribution in [0.3, 0.4) is 0 Å². The predicted octanol–water partition coefficient (Wildman–Crippen LogP) is 3.68. The Labute approximate surface area is 196 Å². The molecule has 7 nitrogen and oxygen atoms in total. The number of amides is 3. The molecule has 2 aliphatic heterocycles. The lowest BCUT2D eigenvalue weighted by Gasteiger charge is -2.28. The van der Waals surface area contributed by atoms with Gasteiger partial charge in [-0.1, -0.05) is 6.07 Å². The molecule has 4 rings (SSSR count). The van der Waals surface area contributed by atoms with Crippen molar-refractivity contribution >= 4 is 17.9 Å². The van der Waals surface area contributed by atoms with Gasteiger partial charge in [0.2, 0.25) is 5.91 Å². The standard InChI is InChI=1S/C24H30F3N3O4/c1-23(2,3)34-22(33)29-12-15-10-18(11-16(15)13-29)30-8-7-19(21(30)32)28-20(31)14-5-4-6-17(9-14)24(25,26)27/h4-6,9,15-16,18-19H,7-8,10-13H2,1-3H3,(H,28,31). The van der Waals surface area contributed by atoms with Gasteiger partial charge in [-0.15, -0.1) is 0 Å². The minimum Gasteiger partial charge on any atom is -0.444 e. The van der Waals surface area contributed by atoms with E-state index in [1.165, 1.54) is 12.1 Å². The van der Waals surface area contributed by atoms with E-state index in [1.807, 2.05) is 20.8 Å². The lowest BCUT2D eigenvalue weighted by molar-refractivity contribution is -0.137. The second kappa shape index (κ2) is 8.78. The number of alkyl halides is 3. The minimum atomic E-state index is -4.55. The van der Waals surface area contributed by atoms with Crippen molar-refractivity contribution in [3.63, 3.8) is 0 Å². The summed E-state index contributed by atoms with van der Waals surface area (Å²) in [6.07, 6.45) is -2.88. The Morgan fingerprint density at radius 3 is 2.32 bits per heavy atom. The van der Waals surface area contributed by atoms with E-state index in [4.69, 9.17) is 4.74 Å². The molecule has 1 aromatic carbocycles. The van der Waals surface area contributed by atoms with Crippen LogP contribution in [0, 0.1) is 11.8 Å². The second-order valence-corrected chi connectivity index (χ2v) is 10.5. The van der Waals surface area contributed by atoms with Crippen LogP contribution in [0.5, 0.6) is 0 Å². The van der Waals surface area contributed by atoms with Gasteiger partial charge >= 0.3 is 12.3 Å². The summed E-state index contributed by atoms with van der Waals surface area (Å²) in [5.41, 5.74) is -1.58. The highest BCUT2D eigenvalue weighted by atomic mass is 19.4. The van der Waals surface area contributed by atoms with Gasteiger partial charge in [0.05, 0.1) is 5.56 Å². The molecule has 1 saturated carbocycles. The first-order valence-electron chi connectivity index (χ1n) is 11.6. The zero-order valence-electron chi connectivity index (χ0n) is 19.5. The summed E-state index contributed by atoms with van der Waals surface area (Å²) >= 11 is 0. The average Bonchev–Trinajstić information content (AvgIpc) is 3.40. The molecule has 1 aromatic rings. The van der Waals surface area contributed by atoms with Crippen molar-refractivity contribution in [2.45, 2.75) is 63.9 Å². The fraction of sp³-hybridized carbons (Fsp3) is 0.625. The average molecular weight is 482 g/mol. The van der Waals surface area contributed by atoms with Crippen molar-refractivity contribution in [1.82, 2.24) is 15.1 Å². The summed E-state index contributed by atoms with van der Waals surface area (Å²) in [5, 5.41) is 2.60. The molecule has 2 heterocycles. The van der Waals surface area contributed by atoms with Gasteiger partial charge in [-0.25, -0.2) is 4.79 Å². The topological polar surface area (TPSA) is 79.0 Å². The highest BCUT2D eigenvalue weighted by Crippen LogP contribution is 2.41. The first-order chi connectivity index (χ1) is 15.8. The predicted molar refractivity (Wildman–Crippen MR) is 117 cm³/mol. The third-order valence-electron chi connectivity index (χ3n) is 6.82. The van der Waals surface area contributed by atoms with Crippen molar-refractivity contribution in [3.8, 4) is 0 Å². The molecule has 3 atom stereocenters. The molecule has 0 spiro atoms. The zero-order chi connectivity index (χ0) is 24.8. The summed E-state index contributed by atoms with van der Waals surface area (Å²) in [6.45, 7) is 7.20. The van der Waals surface area contributed by atoms with Gasteiger partial charge in [0.25, 0.3) is 5.91 Å². The maximum atomic E-state index is 13.0. The number of likely N-dealkylation sites (tertiary alicyclic amines) is 2. The SMILES string of the molecule is CC(C)(C)OC(=O)N1CC2CC(N3CCC(NC(=O)c4cccc(C(F)(F)F)c4)C3=O)CC2C1.